The largest absolute Gasteiger partial charge is 0.385 e. The van der Waals surface area contributed by atoms with Crippen LogP contribution in [0.5, 0.6) is 0 Å². The summed E-state index contributed by atoms with van der Waals surface area (Å²) in [4.78, 5) is 18.6. The van der Waals surface area contributed by atoms with Gasteiger partial charge in [0.05, 0.1) is 40.8 Å². The van der Waals surface area contributed by atoms with E-state index in [9.17, 15) is 9.13 Å². The van der Waals surface area contributed by atoms with Gasteiger partial charge in [-0.25, -0.2) is 19.6 Å². The third-order valence-corrected chi connectivity index (χ3v) is 8.33. The van der Waals surface area contributed by atoms with Gasteiger partial charge in [0.25, 0.3) is 0 Å². The second kappa shape index (κ2) is 9.54. The Kier molecular flexibility index (Phi) is 7.48. The Labute approximate surface area is 174 Å². The highest BCUT2D eigenvalue weighted by atomic mass is 31.2. The lowest BCUT2D eigenvalue weighted by Gasteiger charge is -2.33. The van der Waals surface area contributed by atoms with Crippen molar-refractivity contribution in [1.82, 2.24) is 0 Å². The van der Waals surface area contributed by atoms with E-state index in [0.29, 0.717) is 6.42 Å². The van der Waals surface area contributed by atoms with Crippen LogP contribution in [0.4, 0.5) is 0 Å². The van der Waals surface area contributed by atoms with Crippen molar-refractivity contribution in [2.24, 2.45) is 0 Å². The summed E-state index contributed by atoms with van der Waals surface area (Å²) < 4.78 is 46.5. The highest BCUT2D eigenvalue weighted by Gasteiger charge is 2.52. The van der Waals surface area contributed by atoms with Gasteiger partial charge in [-0.2, -0.15) is 0 Å². The lowest BCUT2D eigenvalue weighted by Crippen LogP contribution is -2.35. The lowest BCUT2D eigenvalue weighted by atomic mass is 9.85. The van der Waals surface area contributed by atoms with Gasteiger partial charge in [0.1, 0.15) is 0 Å². The molecule has 0 saturated carbocycles. The van der Waals surface area contributed by atoms with Gasteiger partial charge in [-0.15, -0.1) is 18.7 Å². The maximum absolute atomic E-state index is 13.3. The summed E-state index contributed by atoms with van der Waals surface area (Å²) in [6, 6.07) is 11.5. The van der Waals surface area contributed by atoms with Crippen molar-refractivity contribution in [2.45, 2.75) is 11.8 Å². The Morgan fingerprint density at radius 2 is 1.23 bits per heavy atom. The van der Waals surface area contributed by atoms with E-state index in [0.717, 1.165) is 21.9 Å². The van der Waals surface area contributed by atoms with Crippen LogP contribution in [0.2, 0.25) is 0 Å². The molecule has 3 rings (SSSR count). The van der Waals surface area contributed by atoms with Gasteiger partial charge in [-0.3, -0.25) is 9.13 Å². The lowest BCUT2D eigenvalue weighted by molar-refractivity contribution is -0.244. The molecule has 166 valence electrons. The number of rotatable bonds is 12. The van der Waals surface area contributed by atoms with Crippen LogP contribution in [0.15, 0.2) is 36.4 Å². The molecule has 1 aliphatic carbocycles. The molecule has 0 bridgehead atoms. The summed E-state index contributed by atoms with van der Waals surface area (Å²) in [6.07, 6.45) is -0.114. The summed E-state index contributed by atoms with van der Waals surface area (Å²) in [5.41, 5.74) is 0.711. The molecule has 10 nitrogen and oxygen atoms in total. The van der Waals surface area contributed by atoms with Crippen molar-refractivity contribution in [3.63, 3.8) is 0 Å². The Morgan fingerprint density at radius 3 is 1.70 bits per heavy atom. The molecule has 0 N–H and O–H groups in total. The Bertz CT molecular complexity index is 921. The Hall–Kier alpha value is -1.16. The number of hydrogen-bond donors (Lipinski definition) is 0. The monoisotopic (exact) mass is 462 g/mol. The second-order valence-corrected chi connectivity index (χ2v) is 10.5. The normalized spacial score (nSPS) is 15.7. The second-order valence-electron chi connectivity index (χ2n) is 6.78. The van der Waals surface area contributed by atoms with Crippen LogP contribution in [0.1, 0.15) is 11.1 Å². The molecule has 0 spiro atoms. The van der Waals surface area contributed by atoms with Crippen LogP contribution >= 0.6 is 15.2 Å². The van der Waals surface area contributed by atoms with Gasteiger partial charge < -0.3 is 0 Å². The highest BCUT2D eigenvalue weighted by Crippen LogP contribution is 2.62. The molecule has 0 fully saturated rings. The van der Waals surface area contributed by atoms with Crippen molar-refractivity contribution in [3.8, 4) is 0 Å². The van der Waals surface area contributed by atoms with E-state index >= 15 is 0 Å². The van der Waals surface area contributed by atoms with Crippen molar-refractivity contribution >= 4 is 26.0 Å². The molecule has 2 aromatic rings. The van der Waals surface area contributed by atoms with E-state index in [1.807, 2.05) is 36.4 Å². The third kappa shape index (κ3) is 4.69. The summed E-state index contributed by atoms with van der Waals surface area (Å²) in [5, 5.41) is 1.94. The third-order valence-electron chi connectivity index (χ3n) is 4.84. The Morgan fingerprint density at radius 1 is 0.767 bits per heavy atom. The van der Waals surface area contributed by atoms with E-state index in [4.69, 9.17) is 18.7 Å². The van der Waals surface area contributed by atoms with E-state index in [1.165, 1.54) is 28.4 Å². The van der Waals surface area contributed by atoms with Crippen LogP contribution in [0, 0.1) is 0 Å². The molecule has 30 heavy (non-hydrogen) atoms. The molecule has 0 heterocycles. The maximum Gasteiger partial charge on any atom is 0.385 e. The fourth-order valence-electron chi connectivity index (χ4n) is 4.13. The first kappa shape index (κ1) is 23.5. The minimum atomic E-state index is -3.95. The quantitative estimate of drug-likeness (QED) is 0.257. The van der Waals surface area contributed by atoms with E-state index in [-0.39, 0.29) is 12.3 Å². The van der Waals surface area contributed by atoms with Gasteiger partial charge >= 0.3 is 15.2 Å². The first-order valence-corrected chi connectivity index (χ1v) is 12.4. The van der Waals surface area contributed by atoms with E-state index in [1.54, 1.807) is 0 Å². The van der Waals surface area contributed by atoms with Crippen LogP contribution in [0.25, 0.3) is 10.8 Å². The first-order chi connectivity index (χ1) is 14.3. The van der Waals surface area contributed by atoms with E-state index < -0.39 is 20.6 Å². The van der Waals surface area contributed by atoms with Gasteiger partial charge in [0.2, 0.25) is 0 Å². The average Bonchev–Trinajstić information content (AvgIpc) is 2.97. The van der Waals surface area contributed by atoms with Crippen molar-refractivity contribution in [1.29, 1.82) is 0 Å². The predicted molar refractivity (Wildman–Crippen MR) is 107 cm³/mol. The summed E-state index contributed by atoms with van der Waals surface area (Å²) in [6.45, 7) is 0. The molecule has 1 aliphatic rings. The zero-order valence-electron chi connectivity index (χ0n) is 17.1. The summed E-state index contributed by atoms with van der Waals surface area (Å²) in [7, 11) is -3.09. The molecule has 12 heteroatoms. The van der Waals surface area contributed by atoms with Crippen molar-refractivity contribution in [2.75, 3.05) is 40.8 Å². The van der Waals surface area contributed by atoms with Crippen molar-refractivity contribution in [3.05, 3.63) is 47.5 Å². The first-order valence-electron chi connectivity index (χ1n) is 8.93. The minimum absolute atomic E-state index is 0.236. The zero-order valence-corrected chi connectivity index (χ0v) is 18.9. The molecule has 0 radical (unpaired) electrons. The molecular formula is C18H24O10P2. The number of benzene rings is 2. The van der Waals surface area contributed by atoms with E-state index in [2.05, 4.69) is 19.6 Å². The van der Waals surface area contributed by atoms with Gasteiger partial charge in [0.15, 0.2) is 0 Å². The standard InChI is InChI=1S/C18H24O10P2/c1-21-25-29(19,26-22-2)12-18(13-30(20,27-23-3)28-24-4)11-15-9-5-7-14-8-6-10-16(18)17(14)15/h5-10H,11-13H2,1-4H3. The van der Waals surface area contributed by atoms with Gasteiger partial charge in [-0.05, 0) is 28.3 Å². The Balaban J connectivity index is 2.15. The van der Waals surface area contributed by atoms with Crippen LogP contribution in [-0.4, -0.2) is 40.8 Å². The predicted octanol–water partition coefficient (Wildman–Crippen LogP) is 4.33. The minimum Gasteiger partial charge on any atom is -0.255 e. The molecule has 0 aliphatic heterocycles. The molecular weight excluding hydrogens is 438 g/mol. The maximum atomic E-state index is 13.3. The fraction of sp³-hybridized carbons (Fsp3) is 0.444. The molecule has 0 atom stereocenters. The van der Waals surface area contributed by atoms with Crippen LogP contribution in [0.3, 0.4) is 0 Å². The highest BCUT2D eigenvalue weighted by molar-refractivity contribution is 7.54. The molecule has 0 unspecified atom stereocenters. The topological polar surface area (TPSA) is 108 Å². The summed E-state index contributed by atoms with van der Waals surface area (Å²) in [5.74, 6) is 0. The van der Waals surface area contributed by atoms with Gasteiger partial charge in [0, 0.05) is 5.41 Å². The van der Waals surface area contributed by atoms with Crippen molar-refractivity contribution < 1.29 is 47.4 Å². The van der Waals surface area contributed by atoms with Crippen LogP contribution in [-0.2, 0) is 59.2 Å². The summed E-state index contributed by atoms with van der Waals surface area (Å²) >= 11 is 0. The molecule has 2 aromatic carbocycles. The zero-order chi connectivity index (χ0) is 21.8. The molecule has 0 aromatic heterocycles. The van der Waals surface area contributed by atoms with Crippen LogP contribution < -0.4 is 0 Å². The molecule has 0 saturated heterocycles. The SMILES string of the molecule is COOP(=O)(CC1(CP(=O)(OOC)OOC)Cc2cccc3cccc1c23)OOC. The smallest absolute Gasteiger partial charge is 0.255 e. The average molecular weight is 462 g/mol. The van der Waals surface area contributed by atoms with Gasteiger partial charge in [-0.1, -0.05) is 36.4 Å². The fourth-order valence-corrected chi connectivity index (χ4v) is 7.74. The molecule has 0 amide bonds. The number of hydrogen-bond acceptors (Lipinski definition) is 10.